The number of pyridine rings is 1. The zero-order valence-corrected chi connectivity index (χ0v) is 20.1. The lowest BCUT2D eigenvalue weighted by Gasteiger charge is -2.08. The number of carbonyl (C=O) groups excluding carboxylic acids is 1. The standard InChI is InChI=1S/C27H23N5O2S/c1-18-8-6-9-19(16-18)17-32-14-7-12-21(26(32)34)25(33)30-27-29-22(20-10-4-3-5-11-20)23(35-27)24-28-13-15-31(24)2/h3-16H,17H2,1-2H3,(H,29,30,33). The molecule has 7 nitrogen and oxygen atoms in total. The molecule has 1 N–H and O–H groups in total. The molecule has 1 amide bonds. The van der Waals surface area contributed by atoms with E-state index in [1.165, 1.54) is 17.4 Å². The second-order valence-electron chi connectivity index (χ2n) is 8.22. The second kappa shape index (κ2) is 9.52. The number of hydrogen-bond acceptors (Lipinski definition) is 5. The molecule has 0 saturated carbocycles. The van der Waals surface area contributed by atoms with Gasteiger partial charge >= 0.3 is 0 Å². The van der Waals surface area contributed by atoms with Gasteiger partial charge in [0.15, 0.2) is 11.0 Å². The highest BCUT2D eigenvalue weighted by Gasteiger charge is 2.20. The Bertz CT molecular complexity index is 1570. The number of aryl methyl sites for hydroxylation is 2. The summed E-state index contributed by atoms with van der Waals surface area (Å²) in [6, 6.07) is 21.0. The van der Waals surface area contributed by atoms with Gasteiger partial charge in [-0.15, -0.1) is 0 Å². The van der Waals surface area contributed by atoms with Crippen LogP contribution in [-0.4, -0.2) is 25.0 Å². The maximum absolute atomic E-state index is 13.1. The molecule has 0 spiro atoms. The van der Waals surface area contributed by atoms with Crippen LogP contribution < -0.4 is 10.9 Å². The first-order chi connectivity index (χ1) is 17.0. The summed E-state index contributed by atoms with van der Waals surface area (Å²) < 4.78 is 3.45. The van der Waals surface area contributed by atoms with Crippen molar-refractivity contribution < 1.29 is 4.79 Å². The molecule has 0 aliphatic carbocycles. The lowest BCUT2D eigenvalue weighted by molar-refractivity contribution is 0.102. The number of aromatic nitrogens is 4. The van der Waals surface area contributed by atoms with E-state index in [0.29, 0.717) is 11.7 Å². The van der Waals surface area contributed by atoms with E-state index in [2.05, 4.69) is 10.3 Å². The number of nitrogens with zero attached hydrogens (tertiary/aromatic N) is 4. The van der Waals surface area contributed by atoms with Crippen molar-refractivity contribution in [1.29, 1.82) is 0 Å². The molecule has 174 valence electrons. The molecule has 0 saturated heterocycles. The van der Waals surface area contributed by atoms with Crippen LogP contribution in [0.3, 0.4) is 0 Å². The minimum absolute atomic E-state index is 0.0650. The van der Waals surface area contributed by atoms with Gasteiger partial charge in [-0.25, -0.2) is 9.97 Å². The molecule has 5 aromatic rings. The Kier molecular flexibility index (Phi) is 6.12. The summed E-state index contributed by atoms with van der Waals surface area (Å²) in [5, 5.41) is 3.23. The SMILES string of the molecule is Cc1cccc(Cn2cccc(C(=O)Nc3nc(-c4ccccc4)c(-c4nccn4C)s3)c2=O)c1. The largest absolute Gasteiger partial charge is 0.333 e. The van der Waals surface area contributed by atoms with Gasteiger partial charge in [-0.1, -0.05) is 71.5 Å². The van der Waals surface area contributed by atoms with Crippen molar-refractivity contribution in [2.75, 3.05) is 5.32 Å². The highest BCUT2D eigenvalue weighted by molar-refractivity contribution is 7.19. The van der Waals surface area contributed by atoms with E-state index in [-0.39, 0.29) is 11.1 Å². The zero-order chi connectivity index (χ0) is 24.4. The fourth-order valence-electron chi connectivity index (χ4n) is 3.91. The van der Waals surface area contributed by atoms with Gasteiger partial charge in [0.25, 0.3) is 11.5 Å². The summed E-state index contributed by atoms with van der Waals surface area (Å²) in [5.74, 6) is 0.260. The number of benzene rings is 2. The van der Waals surface area contributed by atoms with Crippen molar-refractivity contribution in [3.05, 3.63) is 112 Å². The van der Waals surface area contributed by atoms with E-state index >= 15 is 0 Å². The Morgan fingerprint density at radius 2 is 1.86 bits per heavy atom. The summed E-state index contributed by atoms with van der Waals surface area (Å²) in [6.07, 6.45) is 5.28. The molecule has 5 rings (SSSR count). The van der Waals surface area contributed by atoms with Crippen LogP contribution in [0.4, 0.5) is 5.13 Å². The van der Waals surface area contributed by atoms with Crippen molar-refractivity contribution >= 4 is 22.4 Å². The van der Waals surface area contributed by atoms with Crippen molar-refractivity contribution in [2.24, 2.45) is 7.05 Å². The maximum Gasteiger partial charge on any atom is 0.263 e. The van der Waals surface area contributed by atoms with E-state index in [9.17, 15) is 9.59 Å². The molecule has 8 heteroatoms. The number of amides is 1. The van der Waals surface area contributed by atoms with Crippen LogP contribution in [0.25, 0.3) is 22.0 Å². The average molecular weight is 482 g/mol. The third-order valence-electron chi connectivity index (χ3n) is 5.62. The van der Waals surface area contributed by atoms with E-state index < -0.39 is 5.91 Å². The molecule has 0 atom stereocenters. The highest BCUT2D eigenvalue weighted by atomic mass is 32.1. The number of nitrogens with one attached hydrogen (secondary N) is 1. The molecule has 35 heavy (non-hydrogen) atoms. The minimum atomic E-state index is -0.492. The summed E-state index contributed by atoms with van der Waals surface area (Å²) in [7, 11) is 1.91. The van der Waals surface area contributed by atoms with Crippen LogP contribution in [0.15, 0.2) is 90.1 Å². The van der Waals surface area contributed by atoms with Gasteiger partial charge in [-0.05, 0) is 24.6 Å². The zero-order valence-electron chi connectivity index (χ0n) is 19.3. The fraction of sp³-hybridized carbons (Fsp3) is 0.111. The third kappa shape index (κ3) is 4.69. The molecule has 0 unspecified atom stereocenters. The summed E-state index contributed by atoms with van der Waals surface area (Å²) in [6.45, 7) is 2.40. The first kappa shape index (κ1) is 22.5. The Morgan fingerprint density at radius 1 is 1.03 bits per heavy atom. The predicted molar refractivity (Wildman–Crippen MR) is 139 cm³/mol. The van der Waals surface area contributed by atoms with Crippen molar-refractivity contribution in [3.63, 3.8) is 0 Å². The van der Waals surface area contributed by atoms with Crippen LogP contribution in [-0.2, 0) is 13.6 Å². The lowest BCUT2D eigenvalue weighted by Crippen LogP contribution is -2.29. The average Bonchev–Trinajstić information content (AvgIpc) is 3.46. The molecule has 0 radical (unpaired) electrons. The predicted octanol–water partition coefficient (Wildman–Crippen LogP) is 4.98. The van der Waals surface area contributed by atoms with Crippen molar-refractivity contribution in [1.82, 2.24) is 19.1 Å². The van der Waals surface area contributed by atoms with Gasteiger partial charge in [0.2, 0.25) is 0 Å². The molecule has 0 bridgehead atoms. The molecule has 0 aliphatic rings. The topological polar surface area (TPSA) is 81.8 Å². The Morgan fingerprint density at radius 3 is 2.60 bits per heavy atom. The third-order valence-corrected chi connectivity index (χ3v) is 6.59. The van der Waals surface area contributed by atoms with Gasteiger partial charge in [-0.2, -0.15) is 0 Å². The van der Waals surface area contributed by atoms with Crippen LogP contribution in [0.5, 0.6) is 0 Å². The normalized spacial score (nSPS) is 10.9. The van der Waals surface area contributed by atoms with Crippen LogP contribution in [0, 0.1) is 6.92 Å². The number of carbonyl (C=O) groups is 1. The smallest absolute Gasteiger partial charge is 0.263 e. The molecule has 3 heterocycles. The Hall–Kier alpha value is -4.30. The lowest BCUT2D eigenvalue weighted by atomic mass is 10.1. The summed E-state index contributed by atoms with van der Waals surface area (Å²) in [4.78, 5) is 36.2. The molecule has 0 aliphatic heterocycles. The highest BCUT2D eigenvalue weighted by Crippen LogP contribution is 2.38. The van der Waals surface area contributed by atoms with E-state index in [1.54, 1.807) is 23.0 Å². The van der Waals surface area contributed by atoms with E-state index in [1.807, 2.05) is 79.3 Å². The number of imidazole rings is 1. The Labute approximate surface area is 206 Å². The fourth-order valence-corrected chi connectivity index (χ4v) is 4.93. The monoisotopic (exact) mass is 481 g/mol. The summed E-state index contributed by atoms with van der Waals surface area (Å²) in [5.41, 5.74) is 3.47. The second-order valence-corrected chi connectivity index (χ2v) is 9.22. The van der Waals surface area contributed by atoms with Gasteiger partial charge in [0.05, 0.1) is 17.1 Å². The van der Waals surface area contributed by atoms with Crippen LogP contribution in [0.1, 0.15) is 21.5 Å². The number of anilines is 1. The number of rotatable bonds is 6. The number of hydrogen-bond donors (Lipinski definition) is 1. The first-order valence-electron chi connectivity index (χ1n) is 11.1. The van der Waals surface area contributed by atoms with Gasteiger partial charge in [0, 0.05) is 31.2 Å². The van der Waals surface area contributed by atoms with Crippen molar-refractivity contribution in [3.8, 4) is 22.0 Å². The van der Waals surface area contributed by atoms with E-state index in [0.717, 1.165) is 33.1 Å². The van der Waals surface area contributed by atoms with Crippen LogP contribution >= 0.6 is 11.3 Å². The first-order valence-corrected chi connectivity index (χ1v) is 11.9. The number of thiazole rings is 1. The molecule has 0 fully saturated rings. The molecular weight excluding hydrogens is 458 g/mol. The van der Waals surface area contributed by atoms with Gasteiger partial charge in [0.1, 0.15) is 5.56 Å². The van der Waals surface area contributed by atoms with E-state index in [4.69, 9.17) is 4.98 Å². The minimum Gasteiger partial charge on any atom is -0.333 e. The van der Waals surface area contributed by atoms with Gasteiger partial charge < -0.3 is 9.13 Å². The quantitative estimate of drug-likeness (QED) is 0.371. The van der Waals surface area contributed by atoms with Crippen molar-refractivity contribution in [2.45, 2.75) is 13.5 Å². The van der Waals surface area contributed by atoms with Gasteiger partial charge in [-0.3, -0.25) is 14.9 Å². The molecule has 3 aromatic heterocycles. The molecular formula is C27H23N5O2S. The molecule has 2 aromatic carbocycles. The van der Waals surface area contributed by atoms with Crippen LogP contribution in [0.2, 0.25) is 0 Å². The maximum atomic E-state index is 13.1. The Balaban J connectivity index is 1.46. The summed E-state index contributed by atoms with van der Waals surface area (Å²) >= 11 is 1.33.